The molecule has 1 aromatic carbocycles. The molecule has 2 heterocycles. The average molecular weight is 374 g/mol. The molecule has 1 aliphatic rings. The highest BCUT2D eigenvalue weighted by Crippen LogP contribution is 2.41. The first-order chi connectivity index (χ1) is 9.59. The van der Waals surface area contributed by atoms with E-state index in [4.69, 9.17) is 4.42 Å². The number of furan rings is 1. The third-order valence-electron chi connectivity index (χ3n) is 3.06. The lowest BCUT2D eigenvalue weighted by atomic mass is 10.4. The van der Waals surface area contributed by atoms with Crippen LogP contribution in [0.1, 0.15) is 11.1 Å². The van der Waals surface area contributed by atoms with Crippen molar-refractivity contribution in [3.05, 3.63) is 52.9 Å². The van der Waals surface area contributed by atoms with Crippen LogP contribution in [0, 0.1) is 0 Å². The molecule has 1 saturated heterocycles. The van der Waals surface area contributed by atoms with Crippen LogP contribution in [0.4, 0.5) is 0 Å². The van der Waals surface area contributed by atoms with Gasteiger partial charge in [0.2, 0.25) is 10.0 Å². The first-order valence-electron chi connectivity index (χ1n) is 6.01. The van der Waals surface area contributed by atoms with Crippen molar-refractivity contribution >= 4 is 37.7 Å². The molecule has 3 rings (SSSR count). The zero-order chi connectivity index (χ0) is 14.2. The van der Waals surface area contributed by atoms with Gasteiger partial charge in [-0.05, 0) is 36.4 Å². The molecule has 0 saturated carbocycles. The van der Waals surface area contributed by atoms with E-state index in [2.05, 4.69) is 15.9 Å². The highest BCUT2D eigenvalue weighted by atomic mass is 79.9. The van der Waals surface area contributed by atoms with Gasteiger partial charge in [0.05, 0.1) is 11.2 Å². The van der Waals surface area contributed by atoms with Gasteiger partial charge < -0.3 is 4.42 Å². The summed E-state index contributed by atoms with van der Waals surface area (Å²) in [6.07, 6.45) is 1.57. The Morgan fingerprint density at radius 1 is 1.25 bits per heavy atom. The van der Waals surface area contributed by atoms with Gasteiger partial charge in [-0.15, -0.1) is 11.8 Å². The third-order valence-corrected chi connectivity index (χ3v) is 6.82. The molecular weight excluding hydrogens is 362 g/mol. The van der Waals surface area contributed by atoms with Crippen LogP contribution in [0.3, 0.4) is 0 Å². The first-order valence-corrected chi connectivity index (χ1v) is 9.29. The van der Waals surface area contributed by atoms with Gasteiger partial charge in [-0.2, -0.15) is 4.31 Å². The molecule has 20 heavy (non-hydrogen) atoms. The lowest BCUT2D eigenvalue weighted by Crippen LogP contribution is -2.30. The standard InChI is InChI=1S/C13H12BrNO3S2/c14-10-3-5-11(6-4-10)20(16,17)15-7-9-19-13(15)12-2-1-8-18-12/h1-6,8,13H,7,9H2/t13-/m1/s1. The van der Waals surface area contributed by atoms with E-state index in [-0.39, 0.29) is 5.37 Å². The van der Waals surface area contributed by atoms with E-state index in [9.17, 15) is 8.42 Å². The Balaban J connectivity index is 1.96. The van der Waals surface area contributed by atoms with Crippen LogP contribution < -0.4 is 0 Å². The van der Waals surface area contributed by atoms with Crippen LogP contribution in [-0.4, -0.2) is 25.0 Å². The molecule has 1 aromatic heterocycles. The number of sulfonamides is 1. The molecule has 1 aliphatic heterocycles. The molecule has 0 N–H and O–H groups in total. The van der Waals surface area contributed by atoms with Gasteiger partial charge in [0.25, 0.3) is 0 Å². The second-order valence-electron chi connectivity index (χ2n) is 4.31. The van der Waals surface area contributed by atoms with E-state index in [1.165, 1.54) is 4.31 Å². The summed E-state index contributed by atoms with van der Waals surface area (Å²) in [7, 11) is -3.50. The van der Waals surface area contributed by atoms with Crippen molar-refractivity contribution in [2.75, 3.05) is 12.3 Å². The van der Waals surface area contributed by atoms with E-state index >= 15 is 0 Å². The molecule has 0 radical (unpaired) electrons. The summed E-state index contributed by atoms with van der Waals surface area (Å²) in [5.74, 6) is 1.44. The van der Waals surface area contributed by atoms with Gasteiger partial charge in [0.15, 0.2) is 0 Å². The lowest BCUT2D eigenvalue weighted by Gasteiger charge is -2.21. The molecular formula is C13H12BrNO3S2. The molecule has 0 amide bonds. The van der Waals surface area contributed by atoms with Gasteiger partial charge in [-0.1, -0.05) is 15.9 Å². The van der Waals surface area contributed by atoms with Gasteiger partial charge in [-0.25, -0.2) is 8.42 Å². The Kier molecular flexibility index (Phi) is 3.94. The van der Waals surface area contributed by atoms with Crippen molar-refractivity contribution < 1.29 is 12.8 Å². The van der Waals surface area contributed by atoms with Crippen LogP contribution in [0.15, 0.2) is 56.4 Å². The van der Waals surface area contributed by atoms with Gasteiger partial charge in [-0.3, -0.25) is 0 Å². The highest BCUT2D eigenvalue weighted by molar-refractivity contribution is 9.10. The van der Waals surface area contributed by atoms with Crippen LogP contribution in [0.5, 0.6) is 0 Å². The van der Waals surface area contributed by atoms with E-state index in [0.717, 1.165) is 10.2 Å². The predicted molar refractivity (Wildman–Crippen MR) is 81.9 cm³/mol. The summed E-state index contributed by atoms with van der Waals surface area (Å²) < 4.78 is 33.1. The van der Waals surface area contributed by atoms with Gasteiger partial charge >= 0.3 is 0 Å². The summed E-state index contributed by atoms with van der Waals surface area (Å²) >= 11 is 4.89. The minimum Gasteiger partial charge on any atom is -0.467 e. The van der Waals surface area contributed by atoms with E-state index < -0.39 is 10.0 Å². The average Bonchev–Trinajstić information content (AvgIpc) is 3.10. The number of nitrogens with zero attached hydrogens (tertiary/aromatic N) is 1. The van der Waals surface area contributed by atoms with Crippen LogP contribution in [-0.2, 0) is 10.0 Å². The van der Waals surface area contributed by atoms with E-state index in [1.54, 1.807) is 48.4 Å². The summed E-state index contributed by atoms with van der Waals surface area (Å²) in [5, 5.41) is -0.279. The third kappa shape index (κ3) is 2.55. The molecule has 0 spiro atoms. The maximum absolute atomic E-state index is 12.7. The van der Waals surface area contributed by atoms with Crippen LogP contribution >= 0.6 is 27.7 Å². The molecule has 0 aliphatic carbocycles. The number of rotatable bonds is 3. The lowest BCUT2D eigenvalue weighted by molar-refractivity contribution is 0.383. The van der Waals surface area contributed by atoms with Gasteiger partial charge in [0, 0.05) is 16.8 Å². The van der Waals surface area contributed by atoms with Crippen molar-refractivity contribution in [2.45, 2.75) is 10.3 Å². The number of benzene rings is 1. The maximum atomic E-state index is 12.7. The maximum Gasteiger partial charge on any atom is 0.244 e. The predicted octanol–water partition coefficient (Wildman–Crippen LogP) is 3.48. The smallest absolute Gasteiger partial charge is 0.244 e. The van der Waals surface area contributed by atoms with Crippen molar-refractivity contribution in [3.8, 4) is 0 Å². The first kappa shape index (κ1) is 14.2. The molecule has 2 aromatic rings. The van der Waals surface area contributed by atoms with Crippen molar-refractivity contribution in [2.24, 2.45) is 0 Å². The molecule has 4 nitrogen and oxygen atoms in total. The Morgan fingerprint density at radius 2 is 2.00 bits per heavy atom. The molecule has 106 valence electrons. The molecule has 7 heteroatoms. The number of thioether (sulfide) groups is 1. The minimum absolute atomic E-state index is 0.279. The summed E-state index contributed by atoms with van der Waals surface area (Å²) in [6, 6.07) is 10.3. The molecule has 0 unspecified atom stereocenters. The normalized spacial score (nSPS) is 20.4. The largest absolute Gasteiger partial charge is 0.467 e. The minimum atomic E-state index is -3.50. The molecule has 1 atom stereocenters. The summed E-state index contributed by atoms with van der Waals surface area (Å²) in [4.78, 5) is 0.305. The molecule has 0 bridgehead atoms. The van der Waals surface area contributed by atoms with Crippen molar-refractivity contribution in [3.63, 3.8) is 0 Å². The number of hydrogen-bond acceptors (Lipinski definition) is 4. The second-order valence-corrected chi connectivity index (χ2v) is 8.30. The number of hydrogen-bond donors (Lipinski definition) is 0. The monoisotopic (exact) mass is 373 g/mol. The topological polar surface area (TPSA) is 50.5 Å². The second kappa shape index (κ2) is 5.55. The highest BCUT2D eigenvalue weighted by Gasteiger charge is 2.38. The van der Waals surface area contributed by atoms with Gasteiger partial charge in [0.1, 0.15) is 11.1 Å². The van der Waals surface area contributed by atoms with Crippen LogP contribution in [0.2, 0.25) is 0 Å². The Morgan fingerprint density at radius 3 is 2.65 bits per heavy atom. The Bertz CT molecular complexity index is 683. The van der Waals surface area contributed by atoms with Crippen LogP contribution in [0.25, 0.3) is 0 Å². The quantitative estimate of drug-likeness (QED) is 0.826. The number of halogens is 1. The fourth-order valence-corrected chi connectivity index (χ4v) is 5.53. The zero-order valence-corrected chi connectivity index (χ0v) is 13.6. The molecule has 1 fully saturated rings. The van der Waals surface area contributed by atoms with Crippen molar-refractivity contribution in [1.29, 1.82) is 0 Å². The summed E-state index contributed by atoms with van der Waals surface area (Å²) in [6.45, 7) is 0.494. The fraction of sp³-hybridized carbons (Fsp3) is 0.231. The van der Waals surface area contributed by atoms with Crippen molar-refractivity contribution in [1.82, 2.24) is 4.31 Å². The fourth-order valence-electron chi connectivity index (χ4n) is 2.10. The Labute approximate surface area is 130 Å². The zero-order valence-electron chi connectivity index (χ0n) is 10.4. The summed E-state index contributed by atoms with van der Waals surface area (Å²) in [5.41, 5.74) is 0. The Hall–Kier alpha value is -0.760. The van der Waals surface area contributed by atoms with E-state index in [0.29, 0.717) is 17.2 Å². The SMILES string of the molecule is O=S(=O)(c1ccc(Br)cc1)N1CCS[C@@H]1c1ccco1. The van der Waals surface area contributed by atoms with E-state index in [1.807, 2.05) is 6.07 Å².